The third kappa shape index (κ3) is 4.45. The molecule has 0 fully saturated rings. The van der Waals surface area contributed by atoms with Crippen LogP contribution in [0.5, 0.6) is 0 Å². The lowest BCUT2D eigenvalue weighted by atomic mass is 9.90. The van der Waals surface area contributed by atoms with Crippen molar-refractivity contribution in [2.75, 3.05) is 27.7 Å². The highest BCUT2D eigenvalue weighted by molar-refractivity contribution is 7.87. The molecule has 0 saturated heterocycles. The Morgan fingerprint density at radius 3 is 2.33 bits per heavy atom. The Labute approximate surface area is 178 Å². The fraction of sp³-hybridized carbons (Fsp3) is 0.263. The quantitative estimate of drug-likeness (QED) is 0.568. The molecule has 1 N–H and O–H groups in total. The Bertz CT molecular complexity index is 1080. The van der Waals surface area contributed by atoms with E-state index in [4.69, 9.17) is 11.6 Å². The van der Waals surface area contributed by atoms with Crippen molar-refractivity contribution < 1.29 is 17.2 Å². The molecule has 30 heavy (non-hydrogen) atoms. The average molecular weight is 456 g/mol. The summed E-state index contributed by atoms with van der Waals surface area (Å²) in [6.45, 7) is -0.0154. The molecule has 1 aliphatic heterocycles. The molecule has 3 rings (SSSR count). The zero-order chi connectivity index (χ0) is 22.1. The fourth-order valence-corrected chi connectivity index (χ4v) is 3.69. The van der Waals surface area contributed by atoms with E-state index < -0.39 is 27.8 Å². The Balaban J connectivity index is 2.12. The van der Waals surface area contributed by atoms with Crippen LogP contribution in [0.4, 0.5) is 8.78 Å². The summed E-state index contributed by atoms with van der Waals surface area (Å²) in [5, 5.41) is 8.91. The summed E-state index contributed by atoms with van der Waals surface area (Å²) in [7, 11) is 0.220. The smallest absolute Gasteiger partial charge is 0.325 e. The number of hydrogen-bond donors (Lipinski definition) is 1. The van der Waals surface area contributed by atoms with E-state index in [2.05, 4.69) is 14.8 Å². The molecule has 7 nitrogen and oxygen atoms in total. The van der Waals surface area contributed by atoms with Crippen LogP contribution in [0.25, 0.3) is 0 Å². The zero-order valence-electron chi connectivity index (χ0n) is 16.5. The normalized spacial score (nSPS) is 17.4. The van der Waals surface area contributed by atoms with Crippen LogP contribution in [0.1, 0.15) is 17.0 Å². The van der Waals surface area contributed by atoms with E-state index in [0.717, 1.165) is 4.31 Å². The zero-order valence-corrected chi connectivity index (χ0v) is 18.0. The van der Waals surface area contributed by atoms with Gasteiger partial charge < -0.3 is 5.32 Å². The summed E-state index contributed by atoms with van der Waals surface area (Å²) in [6.07, 6.45) is 0. The van der Waals surface area contributed by atoms with Gasteiger partial charge in [0.2, 0.25) is 5.96 Å². The average Bonchev–Trinajstić information content (AvgIpc) is 3.11. The third-order valence-electron chi connectivity index (χ3n) is 4.53. The topological polar surface area (TPSA) is 77.4 Å². The number of halogens is 3. The maximum atomic E-state index is 14.6. The van der Waals surface area contributed by atoms with Gasteiger partial charge in [0.15, 0.2) is 0 Å². The van der Waals surface area contributed by atoms with Gasteiger partial charge in [0.25, 0.3) is 0 Å². The van der Waals surface area contributed by atoms with Gasteiger partial charge in [0, 0.05) is 31.7 Å². The first-order chi connectivity index (χ1) is 14.1. The van der Waals surface area contributed by atoms with Crippen LogP contribution < -0.4 is 5.32 Å². The molecule has 1 heterocycles. The summed E-state index contributed by atoms with van der Waals surface area (Å²) >= 11 is 5.96. The minimum Gasteiger partial charge on any atom is -0.357 e. The van der Waals surface area contributed by atoms with E-state index in [1.54, 1.807) is 24.3 Å². The number of benzene rings is 2. The number of nitrogens with one attached hydrogen (secondary N) is 1. The van der Waals surface area contributed by atoms with Gasteiger partial charge in [-0.15, -0.1) is 4.40 Å². The second-order valence-corrected chi connectivity index (χ2v) is 8.93. The molecule has 1 aliphatic rings. The molecule has 2 aromatic carbocycles. The van der Waals surface area contributed by atoms with Gasteiger partial charge in [0.1, 0.15) is 11.6 Å². The van der Waals surface area contributed by atoms with Crippen LogP contribution in [-0.4, -0.2) is 57.1 Å². The van der Waals surface area contributed by atoms with Gasteiger partial charge in [0.05, 0.1) is 18.2 Å². The van der Waals surface area contributed by atoms with E-state index in [-0.39, 0.29) is 18.1 Å². The summed E-state index contributed by atoms with van der Waals surface area (Å²) in [4.78, 5) is 0. The molecule has 0 saturated carbocycles. The van der Waals surface area contributed by atoms with Crippen LogP contribution >= 0.6 is 11.6 Å². The van der Waals surface area contributed by atoms with Crippen LogP contribution in [0, 0.1) is 11.6 Å². The molecule has 2 aromatic rings. The molecule has 0 bridgehead atoms. The molecule has 11 heteroatoms. The second kappa shape index (κ2) is 8.66. The van der Waals surface area contributed by atoms with Gasteiger partial charge in [-0.05, 0) is 29.8 Å². The third-order valence-corrected chi connectivity index (χ3v) is 6.11. The Morgan fingerprint density at radius 1 is 1.20 bits per heavy atom. The Morgan fingerprint density at radius 2 is 1.80 bits per heavy atom. The van der Waals surface area contributed by atoms with Crippen molar-refractivity contribution in [3.05, 3.63) is 70.2 Å². The van der Waals surface area contributed by atoms with Crippen molar-refractivity contribution in [1.29, 1.82) is 0 Å². The van der Waals surface area contributed by atoms with E-state index in [1.165, 1.54) is 44.4 Å². The first kappa shape index (κ1) is 22.1. The monoisotopic (exact) mass is 455 g/mol. The Hall–Kier alpha value is -2.56. The molecule has 0 aliphatic carbocycles. The predicted octanol–water partition coefficient (Wildman–Crippen LogP) is 2.80. The lowest BCUT2D eigenvalue weighted by molar-refractivity contribution is 0.447. The van der Waals surface area contributed by atoms with E-state index in [0.29, 0.717) is 16.3 Å². The standard InChI is InChI=1S/C19H20ClF2N5O2S/c1-23-19(25-30(28,29)26(2)3)27-11-14(17-15(21)5-4-6-16(17)22)18(24-27)12-7-9-13(20)10-8-12/h4-10,14H,11H2,1-3H3,(H,23,25). The maximum Gasteiger partial charge on any atom is 0.325 e. The number of nitrogens with zero attached hydrogens (tertiary/aromatic N) is 4. The second-order valence-electron chi connectivity index (χ2n) is 6.69. The highest BCUT2D eigenvalue weighted by Gasteiger charge is 2.35. The lowest BCUT2D eigenvalue weighted by Crippen LogP contribution is -2.37. The minimum absolute atomic E-state index is 0.0154. The van der Waals surface area contributed by atoms with Crippen molar-refractivity contribution in [3.63, 3.8) is 0 Å². The molecule has 160 valence electrons. The lowest BCUT2D eigenvalue weighted by Gasteiger charge is -2.19. The predicted molar refractivity (Wildman–Crippen MR) is 113 cm³/mol. The molecule has 1 atom stereocenters. The SMILES string of the molecule is CN/C(=N\S(=O)(=O)N(C)C)N1CC(c2c(F)cccc2F)C(c2ccc(Cl)cc2)=N1. The highest BCUT2D eigenvalue weighted by Crippen LogP contribution is 2.32. The van der Waals surface area contributed by atoms with Crippen molar-refractivity contribution in [2.24, 2.45) is 9.50 Å². The van der Waals surface area contributed by atoms with Crippen molar-refractivity contribution in [3.8, 4) is 0 Å². The van der Waals surface area contributed by atoms with Crippen molar-refractivity contribution in [1.82, 2.24) is 14.6 Å². The molecule has 0 radical (unpaired) electrons. The molecule has 0 spiro atoms. The van der Waals surface area contributed by atoms with Gasteiger partial charge in [-0.1, -0.05) is 29.8 Å². The van der Waals surface area contributed by atoms with Gasteiger partial charge in [-0.3, -0.25) is 0 Å². The molecule has 0 aromatic heterocycles. The maximum absolute atomic E-state index is 14.6. The van der Waals surface area contributed by atoms with Crippen molar-refractivity contribution in [2.45, 2.75) is 5.92 Å². The number of hydrogen-bond acceptors (Lipinski definition) is 3. The fourth-order valence-electron chi connectivity index (χ4n) is 3.00. The Kier molecular flexibility index (Phi) is 6.39. The van der Waals surface area contributed by atoms with Crippen LogP contribution in [0.2, 0.25) is 5.02 Å². The van der Waals surface area contributed by atoms with Crippen molar-refractivity contribution >= 4 is 33.5 Å². The number of guanidine groups is 1. The molecule has 0 amide bonds. The van der Waals surface area contributed by atoms with E-state index in [9.17, 15) is 17.2 Å². The van der Waals surface area contributed by atoms with E-state index in [1.807, 2.05) is 0 Å². The summed E-state index contributed by atoms with van der Waals surface area (Å²) < 4.78 is 58.2. The molecule has 1 unspecified atom stereocenters. The summed E-state index contributed by atoms with van der Waals surface area (Å²) in [5.74, 6) is -2.30. The first-order valence-electron chi connectivity index (χ1n) is 8.90. The number of hydrazone groups is 1. The van der Waals surface area contributed by atoms with Gasteiger partial charge in [-0.2, -0.15) is 17.8 Å². The highest BCUT2D eigenvalue weighted by atomic mass is 35.5. The largest absolute Gasteiger partial charge is 0.357 e. The van der Waals surface area contributed by atoms with Gasteiger partial charge in [-0.25, -0.2) is 13.8 Å². The van der Waals surface area contributed by atoms with Crippen LogP contribution in [-0.2, 0) is 10.2 Å². The van der Waals surface area contributed by atoms with E-state index >= 15 is 0 Å². The summed E-state index contributed by atoms with van der Waals surface area (Å²) in [5.41, 5.74) is 0.806. The van der Waals surface area contributed by atoms with Crippen LogP contribution in [0.15, 0.2) is 52.0 Å². The summed E-state index contributed by atoms with van der Waals surface area (Å²) in [6, 6.07) is 10.3. The minimum atomic E-state index is -3.95. The first-order valence-corrected chi connectivity index (χ1v) is 10.7. The van der Waals surface area contributed by atoms with Gasteiger partial charge >= 0.3 is 10.2 Å². The molecular formula is C19H20ClF2N5O2S. The van der Waals surface area contributed by atoms with Crippen LogP contribution in [0.3, 0.4) is 0 Å². The number of rotatable bonds is 4. The molecular weight excluding hydrogens is 436 g/mol.